The second-order valence-corrected chi connectivity index (χ2v) is 26.7. The zero-order valence-corrected chi connectivity index (χ0v) is 23.8. The lowest BCUT2D eigenvalue weighted by molar-refractivity contribution is 1.37. The minimum absolute atomic E-state index is 0.0683. The third-order valence-electron chi connectivity index (χ3n) is 2.99. The Kier molecular flexibility index (Phi) is 7.51. The first-order chi connectivity index (χ1) is 10.00. The van der Waals surface area contributed by atoms with Crippen LogP contribution in [0.3, 0.4) is 0 Å². The number of anilines is 2. The first kappa shape index (κ1) is 20.7. The minimum atomic E-state index is -0.0683. The fourth-order valence-corrected chi connectivity index (χ4v) is 4.74. The highest BCUT2D eigenvalue weighted by atomic mass is 127. The van der Waals surface area contributed by atoms with Crippen LogP contribution >= 0.6 is 136 Å². The molecule has 0 aliphatic heterocycles. The molecule has 0 atom stereocenters. The van der Waals surface area contributed by atoms with Crippen molar-refractivity contribution in [1.82, 2.24) is 0 Å². The van der Waals surface area contributed by atoms with Crippen molar-refractivity contribution in [2.24, 2.45) is 0 Å². The Balaban J connectivity index is 2.78. The van der Waals surface area contributed by atoms with Crippen LogP contribution in [0.4, 0.5) is 11.4 Å². The van der Waals surface area contributed by atoms with Gasteiger partial charge in [-0.2, -0.15) is 0 Å². The number of hydrogen-bond donors (Lipinski definition) is 2. The smallest absolute Gasteiger partial charge is 0.149 e. The average Bonchev–Trinajstić information content (AvgIpc) is 2.37. The Morgan fingerprint density at radius 3 is 1.18 bits per heavy atom. The molecule has 0 spiro atoms. The third kappa shape index (κ3) is 5.21. The van der Waals surface area contributed by atoms with Gasteiger partial charge < -0.3 is 11.5 Å². The molecule has 0 saturated carbocycles. The van der Waals surface area contributed by atoms with Crippen molar-refractivity contribution >= 4 is 147 Å². The summed E-state index contributed by atoms with van der Waals surface area (Å²) in [4.78, 5) is 0. The first-order valence-corrected chi connectivity index (χ1v) is 12.4. The van der Waals surface area contributed by atoms with E-state index < -0.39 is 0 Å². The first-order valence-electron chi connectivity index (χ1n) is 5.94. The Bertz CT molecular complexity index is 642. The summed E-state index contributed by atoms with van der Waals surface area (Å²) < 4.78 is -0.137. The van der Waals surface area contributed by atoms with Gasteiger partial charge in [-0.3, -0.25) is 0 Å². The summed E-state index contributed by atoms with van der Waals surface area (Å²) in [5.74, 6) is 0. The van der Waals surface area contributed by atoms with E-state index in [1.165, 1.54) is 22.3 Å². The van der Waals surface area contributed by atoms with Crippen LogP contribution in [0, 0.1) is 0 Å². The van der Waals surface area contributed by atoms with Crippen LogP contribution in [-0.2, 0) is -1.13 Å². The molecular formula is C14H10I6N2. The van der Waals surface area contributed by atoms with Crippen LogP contribution in [0.1, 0.15) is 11.1 Å². The highest BCUT2D eigenvalue weighted by Gasteiger charge is 2.29. The van der Waals surface area contributed by atoms with E-state index in [1.807, 2.05) is 12.1 Å². The number of halogens is 6. The Morgan fingerprint density at radius 1 is 0.591 bits per heavy atom. The second kappa shape index (κ2) is 7.98. The van der Waals surface area contributed by atoms with Crippen LogP contribution in [0.25, 0.3) is 11.1 Å². The van der Waals surface area contributed by atoms with Gasteiger partial charge in [0.25, 0.3) is 0 Å². The molecule has 4 N–H and O–H groups in total. The molecule has 0 radical (unpaired) electrons. The molecule has 2 aromatic carbocycles. The SMILES string of the molecule is Nc1ccc(-c2ccc(N)cc2C(I)(I)I)c(C(I)(I)I)c1. The molecule has 2 rings (SSSR count). The summed E-state index contributed by atoms with van der Waals surface area (Å²) in [6.07, 6.45) is 0. The van der Waals surface area contributed by atoms with Crippen LogP contribution < -0.4 is 11.5 Å². The molecule has 2 nitrogen and oxygen atoms in total. The second-order valence-electron chi connectivity index (χ2n) is 4.61. The van der Waals surface area contributed by atoms with Gasteiger partial charge in [0.15, 0.2) is 0 Å². The molecule has 0 aliphatic rings. The van der Waals surface area contributed by atoms with Crippen LogP contribution in [0.5, 0.6) is 0 Å². The number of nitrogen functional groups attached to an aromatic ring is 2. The van der Waals surface area contributed by atoms with Gasteiger partial charge in [0.2, 0.25) is 0 Å². The predicted molar refractivity (Wildman–Crippen MR) is 148 cm³/mol. The fraction of sp³-hybridized carbons (Fsp3) is 0.143. The van der Waals surface area contributed by atoms with Crippen molar-refractivity contribution in [3.05, 3.63) is 47.5 Å². The maximum absolute atomic E-state index is 6.02. The van der Waals surface area contributed by atoms with Gasteiger partial charge in [-0.25, -0.2) is 0 Å². The largest absolute Gasteiger partial charge is 0.399 e. The van der Waals surface area contributed by atoms with E-state index in [4.69, 9.17) is 11.5 Å². The van der Waals surface area contributed by atoms with Crippen molar-refractivity contribution in [2.75, 3.05) is 11.5 Å². The normalized spacial score (nSPS) is 12.5. The fourth-order valence-electron chi connectivity index (χ4n) is 2.06. The summed E-state index contributed by atoms with van der Waals surface area (Å²) >= 11 is 14.6. The van der Waals surface area contributed by atoms with Gasteiger partial charge in [-0.05, 0) is 182 Å². The van der Waals surface area contributed by atoms with E-state index >= 15 is 0 Å². The lowest BCUT2D eigenvalue weighted by Gasteiger charge is -2.23. The zero-order valence-electron chi connectivity index (χ0n) is 10.9. The molecule has 0 amide bonds. The van der Waals surface area contributed by atoms with Crippen molar-refractivity contribution in [1.29, 1.82) is 0 Å². The number of benzene rings is 2. The standard InChI is InChI=1S/C14H10I6N2/c15-13(16,17)11-5-7(21)1-3-9(11)10-4-2-8(22)6-12(10)14(18,19)20/h1-6H,21-22H2. The van der Waals surface area contributed by atoms with Crippen LogP contribution in [0.2, 0.25) is 0 Å². The Labute approximate surface area is 211 Å². The molecule has 22 heavy (non-hydrogen) atoms. The highest BCUT2D eigenvalue weighted by Crippen LogP contribution is 2.54. The summed E-state index contributed by atoms with van der Waals surface area (Å²) in [6.45, 7) is 0. The topological polar surface area (TPSA) is 52.0 Å². The lowest BCUT2D eigenvalue weighted by Crippen LogP contribution is -2.06. The Morgan fingerprint density at radius 2 is 0.909 bits per heavy atom. The maximum Gasteiger partial charge on any atom is 0.149 e. The van der Waals surface area contributed by atoms with E-state index in [0.717, 1.165) is 11.4 Å². The molecule has 8 heteroatoms. The average molecular weight is 968 g/mol. The zero-order chi connectivity index (χ0) is 16.7. The third-order valence-corrected chi connectivity index (χ3v) is 6.47. The molecule has 0 fully saturated rings. The van der Waals surface area contributed by atoms with Crippen LogP contribution in [-0.4, -0.2) is 0 Å². The summed E-state index contributed by atoms with van der Waals surface area (Å²) in [6, 6.07) is 12.3. The van der Waals surface area contributed by atoms with E-state index in [1.54, 1.807) is 0 Å². The molecule has 118 valence electrons. The molecule has 0 aliphatic carbocycles. The number of hydrogen-bond acceptors (Lipinski definition) is 2. The minimum Gasteiger partial charge on any atom is -0.399 e. The molecule has 0 aromatic heterocycles. The number of alkyl halides is 6. The van der Waals surface area contributed by atoms with E-state index in [0.29, 0.717) is 0 Å². The van der Waals surface area contributed by atoms with Gasteiger partial charge in [0.1, 0.15) is -1.13 Å². The summed E-state index contributed by atoms with van der Waals surface area (Å²) in [5, 5.41) is 0. The van der Waals surface area contributed by atoms with Crippen molar-refractivity contribution in [3.63, 3.8) is 0 Å². The van der Waals surface area contributed by atoms with E-state index in [2.05, 4.69) is 160 Å². The molecular weight excluding hydrogens is 958 g/mol. The molecule has 0 saturated heterocycles. The van der Waals surface area contributed by atoms with Crippen molar-refractivity contribution in [2.45, 2.75) is -1.13 Å². The summed E-state index contributed by atoms with van der Waals surface area (Å²) in [7, 11) is 0. The number of rotatable bonds is 3. The van der Waals surface area contributed by atoms with Crippen molar-refractivity contribution in [3.8, 4) is 11.1 Å². The highest BCUT2D eigenvalue weighted by molar-refractivity contribution is 14.3. The van der Waals surface area contributed by atoms with E-state index in [9.17, 15) is 0 Å². The quantitative estimate of drug-likeness (QED) is 0.192. The Hall–Kier alpha value is 2.42. The predicted octanol–water partition coefficient (Wildman–Crippen LogP) is 7.35. The molecule has 0 bridgehead atoms. The monoisotopic (exact) mass is 968 g/mol. The van der Waals surface area contributed by atoms with Gasteiger partial charge in [0.05, 0.1) is 0 Å². The van der Waals surface area contributed by atoms with Gasteiger partial charge in [-0.15, -0.1) is 0 Å². The van der Waals surface area contributed by atoms with Gasteiger partial charge in [0, 0.05) is 11.4 Å². The molecule has 0 heterocycles. The lowest BCUT2D eigenvalue weighted by atomic mass is 9.96. The summed E-state index contributed by atoms with van der Waals surface area (Å²) in [5.41, 5.74) is 18.4. The van der Waals surface area contributed by atoms with Gasteiger partial charge in [-0.1, -0.05) is 12.1 Å². The number of nitrogens with two attached hydrogens (primary N) is 2. The van der Waals surface area contributed by atoms with Crippen molar-refractivity contribution < 1.29 is 0 Å². The van der Waals surface area contributed by atoms with Crippen LogP contribution in [0.15, 0.2) is 36.4 Å². The maximum atomic E-state index is 6.02. The van der Waals surface area contributed by atoms with Gasteiger partial charge >= 0.3 is 0 Å². The molecule has 2 aromatic rings. The van der Waals surface area contributed by atoms with E-state index in [-0.39, 0.29) is -1.13 Å². The molecule has 0 unspecified atom stereocenters.